The first-order chi connectivity index (χ1) is 17.5. The molecular formula is C28H30FN5O2. The number of aromatic amines is 1. The highest BCUT2D eigenvalue weighted by molar-refractivity contribution is 5.96. The Bertz CT molecular complexity index is 1380. The average Bonchev–Trinajstić information content (AvgIpc) is 3.35. The summed E-state index contributed by atoms with van der Waals surface area (Å²) in [4.78, 5) is 22.4. The van der Waals surface area contributed by atoms with Gasteiger partial charge in [0.05, 0.1) is 24.4 Å². The molecule has 2 aromatic heterocycles. The van der Waals surface area contributed by atoms with Crippen LogP contribution in [0.3, 0.4) is 0 Å². The van der Waals surface area contributed by atoms with Gasteiger partial charge >= 0.3 is 0 Å². The highest BCUT2D eigenvalue weighted by Crippen LogP contribution is 2.38. The number of rotatable bonds is 8. The molecular weight excluding hydrogens is 457 g/mol. The van der Waals surface area contributed by atoms with Gasteiger partial charge in [-0.15, -0.1) is 0 Å². The fourth-order valence-corrected chi connectivity index (χ4v) is 5.11. The second-order valence-corrected chi connectivity index (χ2v) is 9.19. The highest BCUT2D eigenvalue weighted by atomic mass is 19.1. The summed E-state index contributed by atoms with van der Waals surface area (Å²) in [5.74, 6) is 0.392. The second-order valence-electron chi connectivity index (χ2n) is 9.19. The van der Waals surface area contributed by atoms with Gasteiger partial charge in [-0.25, -0.2) is 4.39 Å². The molecule has 0 radical (unpaired) electrons. The van der Waals surface area contributed by atoms with E-state index in [1.807, 2.05) is 37.2 Å². The lowest BCUT2D eigenvalue weighted by Gasteiger charge is -2.46. The smallest absolute Gasteiger partial charge is 0.254 e. The summed E-state index contributed by atoms with van der Waals surface area (Å²) in [5.41, 5.74) is 3.83. The molecule has 1 aliphatic rings. The number of aromatic nitrogens is 3. The number of hydrogen-bond donors (Lipinski definition) is 1. The number of nitrogens with one attached hydrogen (secondary N) is 1. The number of fused-ring (bicyclic) bond motifs is 1. The SMILES string of the molecule is CCOc1cc(C(=O)N(C)[C@H](c2cncc3cn[nH]c23)C2CN(CC)C2)ccc1-c1cccc(F)c1. The molecule has 0 spiro atoms. The number of hydrogen-bond acceptors (Lipinski definition) is 5. The molecule has 1 amide bonds. The monoisotopic (exact) mass is 487 g/mol. The minimum absolute atomic E-state index is 0.113. The van der Waals surface area contributed by atoms with E-state index >= 15 is 0 Å². The number of carbonyl (C=O) groups excluding carboxylic acids is 1. The molecule has 5 rings (SSSR count). The van der Waals surface area contributed by atoms with Crippen LogP contribution in [-0.2, 0) is 0 Å². The summed E-state index contributed by atoms with van der Waals surface area (Å²) in [6.07, 6.45) is 5.37. The Hall–Kier alpha value is -3.78. The Labute approximate surface area is 209 Å². The Morgan fingerprint density at radius 2 is 2.03 bits per heavy atom. The molecule has 8 heteroatoms. The van der Waals surface area contributed by atoms with Crippen LogP contribution in [0.2, 0.25) is 0 Å². The zero-order chi connectivity index (χ0) is 25.2. The van der Waals surface area contributed by atoms with Crippen LogP contribution in [-0.4, -0.2) is 64.2 Å². The summed E-state index contributed by atoms with van der Waals surface area (Å²) < 4.78 is 19.8. The van der Waals surface area contributed by atoms with Gasteiger partial charge in [-0.05, 0) is 49.4 Å². The van der Waals surface area contributed by atoms with Crippen LogP contribution in [0.1, 0.15) is 35.8 Å². The van der Waals surface area contributed by atoms with Crippen LogP contribution in [0, 0.1) is 11.7 Å². The van der Waals surface area contributed by atoms with Crippen molar-refractivity contribution < 1.29 is 13.9 Å². The van der Waals surface area contributed by atoms with Crippen molar-refractivity contribution in [1.29, 1.82) is 0 Å². The van der Waals surface area contributed by atoms with Crippen LogP contribution < -0.4 is 4.74 Å². The average molecular weight is 488 g/mol. The van der Waals surface area contributed by atoms with Gasteiger partial charge in [0.1, 0.15) is 11.6 Å². The van der Waals surface area contributed by atoms with Gasteiger partial charge in [0.2, 0.25) is 0 Å². The van der Waals surface area contributed by atoms with Crippen molar-refractivity contribution in [3.8, 4) is 16.9 Å². The first kappa shape index (κ1) is 23.9. The zero-order valence-corrected chi connectivity index (χ0v) is 20.7. The molecule has 3 heterocycles. The lowest BCUT2D eigenvalue weighted by molar-refractivity contribution is 0.0285. The molecule has 1 atom stereocenters. The van der Waals surface area contributed by atoms with Gasteiger partial charge in [0, 0.05) is 60.5 Å². The Kier molecular flexibility index (Phi) is 6.69. The summed E-state index contributed by atoms with van der Waals surface area (Å²) in [6, 6.07) is 11.6. The zero-order valence-electron chi connectivity index (χ0n) is 20.7. The molecule has 0 saturated carbocycles. The number of nitrogens with zero attached hydrogens (tertiary/aromatic N) is 4. The fourth-order valence-electron chi connectivity index (χ4n) is 5.11. The van der Waals surface area contributed by atoms with E-state index in [1.165, 1.54) is 12.1 Å². The fraction of sp³-hybridized carbons (Fsp3) is 0.321. The third-order valence-electron chi connectivity index (χ3n) is 6.98. The number of H-pyrrole nitrogens is 1. The summed E-state index contributed by atoms with van der Waals surface area (Å²) in [7, 11) is 1.84. The van der Waals surface area contributed by atoms with Gasteiger partial charge in [-0.2, -0.15) is 5.10 Å². The minimum atomic E-state index is -0.319. The topological polar surface area (TPSA) is 74.3 Å². The maximum Gasteiger partial charge on any atom is 0.254 e. The van der Waals surface area contributed by atoms with Gasteiger partial charge in [-0.3, -0.25) is 14.9 Å². The largest absolute Gasteiger partial charge is 0.493 e. The van der Waals surface area contributed by atoms with Crippen LogP contribution >= 0.6 is 0 Å². The predicted octanol–water partition coefficient (Wildman–Crippen LogP) is 4.93. The van der Waals surface area contributed by atoms with Crippen molar-refractivity contribution in [2.24, 2.45) is 5.92 Å². The number of carbonyl (C=O) groups is 1. The van der Waals surface area contributed by atoms with E-state index in [2.05, 4.69) is 27.0 Å². The number of ether oxygens (including phenoxy) is 1. The first-order valence-electron chi connectivity index (χ1n) is 12.3. The number of benzene rings is 2. The van der Waals surface area contributed by atoms with Crippen molar-refractivity contribution in [3.63, 3.8) is 0 Å². The number of likely N-dealkylation sites (tertiary alicyclic amines) is 1. The molecule has 0 aliphatic carbocycles. The number of halogens is 1. The van der Waals surface area contributed by atoms with Crippen molar-refractivity contribution in [1.82, 2.24) is 25.0 Å². The van der Waals surface area contributed by atoms with Crippen molar-refractivity contribution in [2.45, 2.75) is 19.9 Å². The highest BCUT2D eigenvalue weighted by Gasteiger charge is 2.39. The van der Waals surface area contributed by atoms with E-state index in [-0.39, 0.29) is 23.7 Å². The van der Waals surface area contributed by atoms with Crippen LogP contribution in [0.15, 0.2) is 61.1 Å². The Balaban J connectivity index is 1.50. The molecule has 1 aliphatic heterocycles. The molecule has 7 nitrogen and oxygen atoms in total. The first-order valence-corrected chi connectivity index (χ1v) is 12.3. The number of amides is 1. The van der Waals surface area contributed by atoms with Crippen LogP contribution in [0.25, 0.3) is 22.0 Å². The lowest BCUT2D eigenvalue weighted by Crippen LogP contribution is -2.53. The summed E-state index contributed by atoms with van der Waals surface area (Å²) in [6.45, 7) is 7.26. The molecule has 1 saturated heterocycles. The van der Waals surface area contributed by atoms with Crippen molar-refractivity contribution in [3.05, 3.63) is 78.0 Å². The van der Waals surface area contributed by atoms with E-state index in [0.29, 0.717) is 23.5 Å². The summed E-state index contributed by atoms with van der Waals surface area (Å²) in [5, 5.41) is 8.21. The van der Waals surface area contributed by atoms with Crippen molar-refractivity contribution >= 4 is 16.8 Å². The second kappa shape index (κ2) is 10.1. The quantitative estimate of drug-likeness (QED) is 0.382. The van der Waals surface area contributed by atoms with E-state index in [0.717, 1.165) is 41.7 Å². The van der Waals surface area contributed by atoms with E-state index in [9.17, 15) is 9.18 Å². The molecule has 0 unspecified atom stereocenters. The molecule has 1 fully saturated rings. The van der Waals surface area contributed by atoms with E-state index < -0.39 is 0 Å². The third-order valence-corrected chi connectivity index (χ3v) is 6.98. The minimum Gasteiger partial charge on any atom is -0.493 e. The predicted molar refractivity (Wildman–Crippen MR) is 137 cm³/mol. The van der Waals surface area contributed by atoms with Crippen LogP contribution in [0.5, 0.6) is 5.75 Å². The van der Waals surface area contributed by atoms with Crippen LogP contribution in [0.4, 0.5) is 4.39 Å². The molecule has 186 valence electrons. The maximum atomic E-state index is 13.9. The van der Waals surface area contributed by atoms with E-state index in [1.54, 1.807) is 30.6 Å². The van der Waals surface area contributed by atoms with Gasteiger partial charge in [0.25, 0.3) is 5.91 Å². The normalized spacial score (nSPS) is 15.0. The maximum absolute atomic E-state index is 13.9. The standard InChI is InChI=1S/C28H30FN5O2/c1-4-34-16-21(17-34)27(24-15-30-13-20-14-31-32-26(20)24)33(3)28(35)19-9-10-23(25(12-19)36-5-2)18-7-6-8-22(29)11-18/h6-15,21,27H,4-5,16-17H2,1-3H3,(H,31,32)/t27-/m0/s1. The molecule has 1 N–H and O–H groups in total. The van der Waals surface area contributed by atoms with Gasteiger partial charge < -0.3 is 14.5 Å². The summed E-state index contributed by atoms with van der Waals surface area (Å²) >= 11 is 0. The molecule has 0 bridgehead atoms. The Morgan fingerprint density at radius 1 is 1.19 bits per heavy atom. The van der Waals surface area contributed by atoms with Gasteiger partial charge in [-0.1, -0.05) is 19.1 Å². The third kappa shape index (κ3) is 4.44. The molecule has 36 heavy (non-hydrogen) atoms. The molecule has 2 aromatic carbocycles. The Morgan fingerprint density at radius 3 is 2.78 bits per heavy atom. The number of pyridine rings is 1. The van der Waals surface area contributed by atoms with Gasteiger partial charge in [0.15, 0.2) is 0 Å². The molecule has 4 aromatic rings. The van der Waals surface area contributed by atoms with E-state index in [4.69, 9.17) is 4.74 Å². The lowest BCUT2D eigenvalue weighted by atomic mass is 9.85. The van der Waals surface area contributed by atoms with Crippen molar-refractivity contribution in [2.75, 3.05) is 33.3 Å².